The molecule has 2 rings (SSSR count). The number of aromatic nitrogens is 1. The third-order valence-electron chi connectivity index (χ3n) is 3.36. The van der Waals surface area contributed by atoms with Gasteiger partial charge < -0.3 is 15.2 Å². The molecule has 1 aliphatic carbocycles. The van der Waals surface area contributed by atoms with E-state index in [0.717, 1.165) is 6.42 Å². The van der Waals surface area contributed by atoms with Gasteiger partial charge in [-0.25, -0.2) is 4.98 Å². The van der Waals surface area contributed by atoms with Crippen molar-refractivity contribution in [1.29, 1.82) is 0 Å². The van der Waals surface area contributed by atoms with Gasteiger partial charge in [-0.05, 0) is 25.0 Å². The molecule has 1 heterocycles. The third-order valence-corrected chi connectivity index (χ3v) is 3.36. The van der Waals surface area contributed by atoms with Crippen LogP contribution in [0.25, 0.3) is 0 Å². The van der Waals surface area contributed by atoms with E-state index >= 15 is 0 Å². The summed E-state index contributed by atoms with van der Waals surface area (Å²) in [4.78, 5) is 27.1. The summed E-state index contributed by atoms with van der Waals surface area (Å²) in [5, 5.41) is 11.8. The van der Waals surface area contributed by atoms with Crippen molar-refractivity contribution < 1.29 is 19.4 Å². The SMILES string of the molecule is COc1ncccc1C(=O)N[C@@H]1CCC[C@@H]1C(=O)O. The molecule has 102 valence electrons. The molecule has 1 aromatic rings. The first-order valence-electron chi connectivity index (χ1n) is 6.16. The van der Waals surface area contributed by atoms with E-state index in [1.54, 1.807) is 12.1 Å². The number of hydrogen-bond donors (Lipinski definition) is 2. The van der Waals surface area contributed by atoms with Crippen molar-refractivity contribution in [3.8, 4) is 5.88 Å². The molecule has 0 aromatic carbocycles. The summed E-state index contributed by atoms with van der Waals surface area (Å²) in [6, 6.07) is 2.92. The number of carbonyl (C=O) groups is 2. The Balaban J connectivity index is 2.10. The van der Waals surface area contributed by atoms with Gasteiger partial charge in [-0.15, -0.1) is 0 Å². The van der Waals surface area contributed by atoms with E-state index in [-0.39, 0.29) is 17.8 Å². The van der Waals surface area contributed by atoms with Crippen LogP contribution >= 0.6 is 0 Å². The van der Waals surface area contributed by atoms with Crippen molar-refractivity contribution in [2.24, 2.45) is 5.92 Å². The van der Waals surface area contributed by atoms with Crippen LogP contribution in [0, 0.1) is 5.92 Å². The number of carboxylic acid groups (broad SMARTS) is 1. The normalized spacial score (nSPS) is 21.9. The molecule has 2 atom stereocenters. The Bertz CT molecular complexity index is 489. The maximum atomic E-state index is 12.1. The molecule has 0 aliphatic heterocycles. The van der Waals surface area contributed by atoms with Crippen LogP contribution in [0.4, 0.5) is 0 Å². The summed E-state index contributed by atoms with van der Waals surface area (Å²) in [5.41, 5.74) is 0.320. The first-order chi connectivity index (χ1) is 9.13. The van der Waals surface area contributed by atoms with Gasteiger partial charge in [0, 0.05) is 12.2 Å². The van der Waals surface area contributed by atoms with Gasteiger partial charge in [0.25, 0.3) is 5.91 Å². The molecule has 1 aromatic heterocycles. The minimum atomic E-state index is -0.860. The molecule has 19 heavy (non-hydrogen) atoms. The minimum Gasteiger partial charge on any atom is -0.481 e. The van der Waals surface area contributed by atoms with E-state index in [1.165, 1.54) is 13.3 Å². The summed E-state index contributed by atoms with van der Waals surface area (Å²) in [7, 11) is 1.44. The highest BCUT2D eigenvalue weighted by Gasteiger charge is 2.34. The van der Waals surface area contributed by atoms with Crippen LogP contribution in [0.3, 0.4) is 0 Å². The molecule has 1 fully saturated rings. The van der Waals surface area contributed by atoms with Crippen molar-refractivity contribution in [2.75, 3.05) is 7.11 Å². The highest BCUT2D eigenvalue weighted by atomic mass is 16.5. The predicted octanol–water partition coefficient (Wildman–Crippen LogP) is 1.07. The fraction of sp³-hybridized carbons (Fsp3) is 0.462. The quantitative estimate of drug-likeness (QED) is 0.849. The number of pyridine rings is 1. The second-order valence-electron chi connectivity index (χ2n) is 4.52. The minimum absolute atomic E-state index is 0.241. The molecule has 1 amide bonds. The van der Waals surface area contributed by atoms with Crippen LogP contribution in [0.1, 0.15) is 29.6 Å². The number of carboxylic acids is 1. The summed E-state index contributed by atoms with van der Waals surface area (Å²) in [6.07, 6.45) is 3.63. The second kappa shape index (κ2) is 5.69. The Morgan fingerprint density at radius 1 is 1.47 bits per heavy atom. The average Bonchev–Trinajstić information content (AvgIpc) is 2.87. The zero-order valence-electron chi connectivity index (χ0n) is 10.6. The van der Waals surface area contributed by atoms with Gasteiger partial charge in [0.15, 0.2) is 0 Å². The molecule has 0 saturated heterocycles. The lowest BCUT2D eigenvalue weighted by molar-refractivity contribution is -0.142. The monoisotopic (exact) mass is 264 g/mol. The molecule has 6 nitrogen and oxygen atoms in total. The zero-order valence-corrected chi connectivity index (χ0v) is 10.6. The van der Waals surface area contributed by atoms with E-state index in [4.69, 9.17) is 9.84 Å². The van der Waals surface area contributed by atoms with E-state index in [2.05, 4.69) is 10.3 Å². The van der Waals surface area contributed by atoms with Gasteiger partial charge in [-0.2, -0.15) is 0 Å². The molecule has 6 heteroatoms. The largest absolute Gasteiger partial charge is 0.481 e. The molecule has 2 N–H and O–H groups in total. The summed E-state index contributed by atoms with van der Waals surface area (Å²) < 4.78 is 5.02. The molecule has 0 bridgehead atoms. The van der Waals surface area contributed by atoms with Gasteiger partial charge in [-0.3, -0.25) is 9.59 Å². The van der Waals surface area contributed by atoms with Gasteiger partial charge in [0.1, 0.15) is 5.56 Å². The number of methoxy groups -OCH3 is 1. The summed E-state index contributed by atoms with van der Waals surface area (Å²) >= 11 is 0. The highest BCUT2D eigenvalue weighted by molar-refractivity contribution is 5.96. The van der Waals surface area contributed by atoms with Crippen molar-refractivity contribution in [3.05, 3.63) is 23.9 Å². The predicted molar refractivity (Wildman–Crippen MR) is 67.0 cm³/mol. The first-order valence-corrected chi connectivity index (χ1v) is 6.16. The van der Waals surface area contributed by atoms with E-state index in [0.29, 0.717) is 18.4 Å². The number of amides is 1. The second-order valence-corrected chi connectivity index (χ2v) is 4.52. The number of hydrogen-bond acceptors (Lipinski definition) is 4. The van der Waals surface area contributed by atoms with Gasteiger partial charge in [-0.1, -0.05) is 6.42 Å². The van der Waals surface area contributed by atoms with Gasteiger partial charge in [0.2, 0.25) is 5.88 Å². The number of carbonyl (C=O) groups excluding carboxylic acids is 1. The Labute approximate surface area is 110 Å². The number of ether oxygens (including phenoxy) is 1. The topological polar surface area (TPSA) is 88.5 Å². The van der Waals surface area contributed by atoms with Crippen molar-refractivity contribution >= 4 is 11.9 Å². The Hall–Kier alpha value is -2.11. The van der Waals surface area contributed by atoms with Crippen LogP contribution in [-0.4, -0.2) is 35.1 Å². The van der Waals surface area contributed by atoms with Crippen LogP contribution in [0.5, 0.6) is 5.88 Å². The third kappa shape index (κ3) is 2.83. The molecule has 1 aliphatic rings. The van der Waals surface area contributed by atoms with Crippen molar-refractivity contribution in [2.45, 2.75) is 25.3 Å². The molecule has 0 unspecified atom stereocenters. The number of aliphatic carboxylic acids is 1. The lowest BCUT2D eigenvalue weighted by atomic mass is 10.0. The Kier molecular flexibility index (Phi) is 3.99. The molecular weight excluding hydrogens is 248 g/mol. The number of rotatable bonds is 4. The molecule has 0 spiro atoms. The van der Waals surface area contributed by atoms with Crippen LogP contribution in [-0.2, 0) is 4.79 Å². The lowest BCUT2D eigenvalue weighted by Gasteiger charge is -2.18. The van der Waals surface area contributed by atoms with Crippen LogP contribution in [0.2, 0.25) is 0 Å². The Morgan fingerprint density at radius 2 is 2.26 bits per heavy atom. The van der Waals surface area contributed by atoms with Crippen LogP contribution < -0.4 is 10.1 Å². The van der Waals surface area contributed by atoms with Crippen molar-refractivity contribution in [1.82, 2.24) is 10.3 Å². The Morgan fingerprint density at radius 3 is 2.95 bits per heavy atom. The van der Waals surface area contributed by atoms with Gasteiger partial charge >= 0.3 is 5.97 Å². The summed E-state index contributed by atoms with van der Waals surface area (Å²) in [6.45, 7) is 0. The van der Waals surface area contributed by atoms with Gasteiger partial charge in [0.05, 0.1) is 13.0 Å². The maximum Gasteiger partial charge on any atom is 0.308 e. The summed E-state index contributed by atoms with van der Waals surface area (Å²) in [5.74, 6) is -1.47. The van der Waals surface area contributed by atoms with E-state index < -0.39 is 11.9 Å². The smallest absolute Gasteiger partial charge is 0.308 e. The number of nitrogens with zero attached hydrogens (tertiary/aromatic N) is 1. The zero-order chi connectivity index (χ0) is 13.8. The van der Waals surface area contributed by atoms with E-state index in [1.807, 2.05) is 0 Å². The highest BCUT2D eigenvalue weighted by Crippen LogP contribution is 2.26. The number of nitrogens with one attached hydrogen (secondary N) is 1. The molecule has 1 saturated carbocycles. The standard InChI is InChI=1S/C13H16N2O4/c1-19-12-9(5-3-7-14-12)11(16)15-10-6-2-4-8(10)13(17)18/h3,5,7-8,10H,2,4,6H2,1H3,(H,15,16)(H,17,18)/t8-,10+/m0/s1. The first kappa shape index (κ1) is 13.3. The lowest BCUT2D eigenvalue weighted by Crippen LogP contribution is -2.40. The fourth-order valence-electron chi connectivity index (χ4n) is 2.40. The fourth-order valence-corrected chi connectivity index (χ4v) is 2.40. The van der Waals surface area contributed by atoms with E-state index in [9.17, 15) is 9.59 Å². The van der Waals surface area contributed by atoms with Crippen LogP contribution in [0.15, 0.2) is 18.3 Å². The van der Waals surface area contributed by atoms with Crippen molar-refractivity contribution in [3.63, 3.8) is 0 Å². The molecule has 0 radical (unpaired) electrons. The average molecular weight is 264 g/mol. The molecular formula is C13H16N2O4. The maximum absolute atomic E-state index is 12.1.